The van der Waals surface area contributed by atoms with Gasteiger partial charge in [-0.1, -0.05) is 30.3 Å². The predicted octanol–water partition coefficient (Wildman–Crippen LogP) is 1.99. The van der Waals surface area contributed by atoms with Gasteiger partial charge in [0.1, 0.15) is 0 Å². The molecule has 1 heterocycles. The molecule has 2 rings (SSSR count). The molecule has 17 heavy (non-hydrogen) atoms. The number of hydrogen-bond donors (Lipinski definition) is 1. The zero-order valence-electron chi connectivity index (χ0n) is 9.76. The fourth-order valence-corrected chi connectivity index (χ4v) is 2.05. The quantitative estimate of drug-likeness (QED) is 0.862. The molecule has 0 saturated carbocycles. The summed E-state index contributed by atoms with van der Waals surface area (Å²) in [5, 5.41) is 0. The second-order valence-electron chi connectivity index (χ2n) is 4.18. The first-order chi connectivity index (χ1) is 8.33. The summed E-state index contributed by atoms with van der Waals surface area (Å²) in [4.78, 5) is 12.3. The Morgan fingerprint density at radius 3 is 2.71 bits per heavy atom. The van der Waals surface area contributed by atoms with Crippen LogP contribution in [0.4, 0.5) is 0 Å². The lowest BCUT2D eigenvalue weighted by Crippen LogP contribution is -2.24. The average molecular weight is 231 g/mol. The van der Waals surface area contributed by atoms with Gasteiger partial charge in [-0.25, -0.2) is 0 Å². The Morgan fingerprint density at radius 2 is 2.12 bits per heavy atom. The fraction of sp³-hybridized carbons (Fsp3) is 0.357. The first-order valence-corrected chi connectivity index (χ1v) is 5.93. The molecule has 1 aliphatic rings. The third-order valence-electron chi connectivity index (χ3n) is 3.00. The van der Waals surface area contributed by atoms with Crippen LogP contribution in [0.3, 0.4) is 0 Å². The monoisotopic (exact) mass is 231 g/mol. The molecule has 1 aliphatic heterocycles. The molecule has 0 aliphatic carbocycles. The zero-order chi connectivity index (χ0) is 12.1. The van der Waals surface area contributed by atoms with Crippen LogP contribution < -0.4 is 5.73 Å². The van der Waals surface area contributed by atoms with Crippen molar-refractivity contribution in [3.63, 3.8) is 0 Å². The lowest BCUT2D eigenvalue weighted by Gasteiger charge is -2.18. The topological polar surface area (TPSA) is 52.3 Å². The van der Waals surface area contributed by atoms with Gasteiger partial charge in [-0.05, 0) is 18.4 Å². The molecule has 0 aromatic heterocycles. The molecule has 0 saturated heterocycles. The standard InChI is InChI=1S/C14H17NO2/c15-9-13(11-5-2-1-3-6-11)14(16)12-7-4-8-17-10-12/h1-3,5-6,10,13H,4,7-9,15H2. The van der Waals surface area contributed by atoms with Crippen molar-refractivity contribution in [2.24, 2.45) is 5.73 Å². The second-order valence-corrected chi connectivity index (χ2v) is 4.18. The molecule has 1 unspecified atom stereocenters. The van der Waals surface area contributed by atoms with E-state index in [9.17, 15) is 4.79 Å². The van der Waals surface area contributed by atoms with Crippen molar-refractivity contribution < 1.29 is 9.53 Å². The van der Waals surface area contributed by atoms with E-state index in [1.807, 2.05) is 30.3 Å². The summed E-state index contributed by atoms with van der Waals surface area (Å²) in [5.41, 5.74) is 7.46. The summed E-state index contributed by atoms with van der Waals surface area (Å²) in [6, 6.07) is 9.68. The highest BCUT2D eigenvalue weighted by Gasteiger charge is 2.23. The van der Waals surface area contributed by atoms with Crippen LogP contribution in [-0.4, -0.2) is 18.9 Å². The van der Waals surface area contributed by atoms with E-state index in [1.165, 1.54) is 0 Å². The fourth-order valence-electron chi connectivity index (χ4n) is 2.05. The Labute approximate surface area is 101 Å². The molecule has 1 atom stereocenters. The smallest absolute Gasteiger partial charge is 0.170 e. The third-order valence-corrected chi connectivity index (χ3v) is 3.00. The molecule has 1 aromatic rings. The summed E-state index contributed by atoms with van der Waals surface area (Å²) in [7, 11) is 0. The maximum atomic E-state index is 12.3. The number of benzene rings is 1. The number of carbonyl (C=O) groups is 1. The molecule has 3 heteroatoms. The Hall–Kier alpha value is -1.61. The predicted molar refractivity (Wildman–Crippen MR) is 66.5 cm³/mol. The van der Waals surface area contributed by atoms with E-state index in [2.05, 4.69) is 0 Å². The van der Waals surface area contributed by atoms with Crippen molar-refractivity contribution in [1.29, 1.82) is 0 Å². The molecular formula is C14H17NO2. The van der Waals surface area contributed by atoms with Crippen LogP contribution >= 0.6 is 0 Å². The van der Waals surface area contributed by atoms with Crippen LogP contribution in [0.1, 0.15) is 24.3 Å². The number of allylic oxidation sites excluding steroid dienone is 1. The minimum atomic E-state index is -0.246. The van der Waals surface area contributed by atoms with Gasteiger partial charge in [0.25, 0.3) is 0 Å². The van der Waals surface area contributed by atoms with E-state index in [0.29, 0.717) is 13.2 Å². The summed E-state index contributed by atoms with van der Waals surface area (Å²) < 4.78 is 5.21. The highest BCUT2D eigenvalue weighted by molar-refractivity contribution is 6.00. The first kappa shape index (κ1) is 11.9. The van der Waals surface area contributed by atoms with Crippen LogP contribution in [0.25, 0.3) is 0 Å². The van der Waals surface area contributed by atoms with Gasteiger partial charge >= 0.3 is 0 Å². The largest absolute Gasteiger partial charge is 0.501 e. The number of ether oxygens (including phenoxy) is 1. The number of carbonyl (C=O) groups excluding carboxylic acids is 1. The molecule has 0 amide bonds. The molecule has 3 nitrogen and oxygen atoms in total. The van der Waals surface area contributed by atoms with Crippen molar-refractivity contribution in [2.75, 3.05) is 13.2 Å². The number of rotatable bonds is 4. The number of hydrogen-bond acceptors (Lipinski definition) is 3. The van der Waals surface area contributed by atoms with E-state index in [4.69, 9.17) is 10.5 Å². The van der Waals surface area contributed by atoms with Gasteiger partial charge in [0.2, 0.25) is 0 Å². The lowest BCUT2D eigenvalue weighted by atomic mass is 9.89. The van der Waals surface area contributed by atoms with Crippen molar-refractivity contribution in [2.45, 2.75) is 18.8 Å². The van der Waals surface area contributed by atoms with E-state index in [-0.39, 0.29) is 11.7 Å². The summed E-state index contributed by atoms with van der Waals surface area (Å²) >= 11 is 0. The molecule has 1 aromatic carbocycles. The van der Waals surface area contributed by atoms with Crippen LogP contribution in [0.2, 0.25) is 0 Å². The average Bonchev–Trinajstić information content (AvgIpc) is 2.42. The molecular weight excluding hydrogens is 214 g/mol. The van der Waals surface area contributed by atoms with Gasteiger partial charge in [0.05, 0.1) is 18.8 Å². The molecule has 0 bridgehead atoms. The molecule has 90 valence electrons. The van der Waals surface area contributed by atoms with Gasteiger partial charge in [0.15, 0.2) is 5.78 Å². The van der Waals surface area contributed by atoms with Gasteiger partial charge in [-0.15, -0.1) is 0 Å². The second kappa shape index (κ2) is 5.64. The molecule has 0 fully saturated rings. The molecule has 0 radical (unpaired) electrons. The van der Waals surface area contributed by atoms with E-state index >= 15 is 0 Å². The zero-order valence-corrected chi connectivity index (χ0v) is 9.76. The minimum Gasteiger partial charge on any atom is -0.501 e. The highest BCUT2D eigenvalue weighted by Crippen LogP contribution is 2.23. The third kappa shape index (κ3) is 2.74. The van der Waals surface area contributed by atoms with Crippen LogP contribution in [0.5, 0.6) is 0 Å². The van der Waals surface area contributed by atoms with Crippen molar-refractivity contribution in [3.8, 4) is 0 Å². The van der Waals surface area contributed by atoms with Gasteiger partial charge < -0.3 is 10.5 Å². The normalized spacial score (nSPS) is 16.9. The van der Waals surface area contributed by atoms with Crippen LogP contribution in [-0.2, 0) is 9.53 Å². The lowest BCUT2D eigenvalue weighted by molar-refractivity contribution is -0.117. The van der Waals surface area contributed by atoms with Gasteiger partial charge in [0, 0.05) is 12.1 Å². The number of nitrogens with two attached hydrogens (primary N) is 1. The summed E-state index contributed by atoms with van der Waals surface area (Å²) in [6.45, 7) is 1.04. The van der Waals surface area contributed by atoms with Crippen molar-refractivity contribution >= 4 is 5.78 Å². The maximum Gasteiger partial charge on any atom is 0.170 e. The number of Topliss-reactive ketones (excluding diaryl/α,β-unsaturated/α-hetero) is 1. The summed E-state index contributed by atoms with van der Waals surface area (Å²) in [5.74, 6) is -0.150. The summed E-state index contributed by atoms with van der Waals surface area (Å²) in [6.07, 6.45) is 3.29. The van der Waals surface area contributed by atoms with Crippen molar-refractivity contribution in [3.05, 3.63) is 47.7 Å². The SMILES string of the molecule is NCC(C(=O)C1=COCCC1)c1ccccc1. The van der Waals surface area contributed by atoms with E-state index < -0.39 is 0 Å². The van der Waals surface area contributed by atoms with Crippen molar-refractivity contribution in [1.82, 2.24) is 0 Å². The number of ketones is 1. The molecule has 0 spiro atoms. The first-order valence-electron chi connectivity index (χ1n) is 5.93. The minimum absolute atomic E-state index is 0.0957. The highest BCUT2D eigenvalue weighted by atomic mass is 16.5. The Morgan fingerprint density at radius 1 is 1.35 bits per heavy atom. The maximum absolute atomic E-state index is 12.3. The van der Waals surface area contributed by atoms with Gasteiger partial charge in [-0.3, -0.25) is 4.79 Å². The van der Waals surface area contributed by atoms with Crippen LogP contribution in [0.15, 0.2) is 42.2 Å². The Bertz CT molecular complexity index is 411. The van der Waals surface area contributed by atoms with E-state index in [0.717, 1.165) is 24.0 Å². The van der Waals surface area contributed by atoms with Crippen LogP contribution in [0, 0.1) is 0 Å². The Kier molecular flexibility index (Phi) is 3.94. The van der Waals surface area contributed by atoms with E-state index in [1.54, 1.807) is 6.26 Å². The molecule has 2 N–H and O–H groups in total. The Balaban J connectivity index is 2.19. The van der Waals surface area contributed by atoms with Gasteiger partial charge in [-0.2, -0.15) is 0 Å².